The van der Waals surface area contributed by atoms with E-state index in [1.807, 2.05) is 0 Å². The van der Waals surface area contributed by atoms with Gasteiger partial charge >= 0.3 is 5.97 Å². The lowest BCUT2D eigenvalue weighted by Crippen LogP contribution is -2.39. The first-order chi connectivity index (χ1) is 7.77. The minimum Gasteiger partial charge on any atom is -0.481 e. The minimum atomic E-state index is -0.568. The molecule has 2 rings (SSSR count). The van der Waals surface area contributed by atoms with E-state index < -0.39 is 5.97 Å². The van der Waals surface area contributed by atoms with Gasteiger partial charge < -0.3 is 10.0 Å². The van der Waals surface area contributed by atoms with Gasteiger partial charge in [-0.05, 0) is 44.7 Å². The van der Waals surface area contributed by atoms with Crippen LogP contribution in [-0.4, -0.2) is 35.6 Å². The van der Waals surface area contributed by atoms with Gasteiger partial charge in [0.05, 0.1) is 5.92 Å². The molecular formula is C13H23NO2. The molecule has 1 aliphatic carbocycles. The Morgan fingerprint density at radius 3 is 2.44 bits per heavy atom. The lowest BCUT2D eigenvalue weighted by molar-refractivity contribution is -0.145. The van der Waals surface area contributed by atoms with Gasteiger partial charge in [0.15, 0.2) is 0 Å². The molecule has 0 radical (unpaired) electrons. The summed E-state index contributed by atoms with van der Waals surface area (Å²) in [5.41, 5.74) is 0. The second-order valence-electron chi connectivity index (χ2n) is 5.35. The Morgan fingerprint density at radius 1 is 1.06 bits per heavy atom. The van der Waals surface area contributed by atoms with Crippen LogP contribution in [-0.2, 0) is 4.79 Å². The standard InChI is InChI=1S/C13H23NO2/c15-13(16)12-7-3-2-6-11(12)10-14-8-4-1-5-9-14/h11-12H,1-10H2,(H,15,16). The molecule has 1 N–H and O–H groups in total. The molecule has 16 heavy (non-hydrogen) atoms. The number of aliphatic carboxylic acids is 1. The first-order valence-corrected chi connectivity index (χ1v) is 6.72. The van der Waals surface area contributed by atoms with E-state index in [2.05, 4.69) is 4.90 Å². The van der Waals surface area contributed by atoms with Crippen LogP contribution in [0.15, 0.2) is 0 Å². The molecule has 3 heteroatoms. The Bertz CT molecular complexity index is 236. The molecule has 0 bridgehead atoms. The molecule has 0 aromatic heterocycles. The zero-order chi connectivity index (χ0) is 11.4. The van der Waals surface area contributed by atoms with Gasteiger partial charge in [-0.15, -0.1) is 0 Å². The summed E-state index contributed by atoms with van der Waals surface area (Å²) in [5.74, 6) is -0.235. The average Bonchev–Trinajstić information content (AvgIpc) is 2.31. The van der Waals surface area contributed by atoms with Crippen LogP contribution in [0, 0.1) is 11.8 Å². The lowest BCUT2D eigenvalue weighted by atomic mass is 9.79. The first-order valence-electron chi connectivity index (χ1n) is 6.72. The normalized spacial score (nSPS) is 32.5. The highest BCUT2D eigenvalue weighted by atomic mass is 16.4. The van der Waals surface area contributed by atoms with Gasteiger partial charge in [-0.1, -0.05) is 19.3 Å². The molecule has 1 aliphatic heterocycles. The van der Waals surface area contributed by atoms with Gasteiger partial charge in [-0.2, -0.15) is 0 Å². The molecule has 92 valence electrons. The zero-order valence-electron chi connectivity index (χ0n) is 10.0. The number of carboxylic acids is 1. The van der Waals surface area contributed by atoms with E-state index in [1.54, 1.807) is 0 Å². The summed E-state index contributed by atoms with van der Waals surface area (Å²) in [5, 5.41) is 9.22. The average molecular weight is 225 g/mol. The van der Waals surface area contributed by atoms with E-state index in [0.717, 1.165) is 25.8 Å². The number of rotatable bonds is 3. The van der Waals surface area contributed by atoms with Crippen LogP contribution >= 0.6 is 0 Å². The Labute approximate surface area is 97.8 Å². The number of hydrogen-bond acceptors (Lipinski definition) is 2. The summed E-state index contributed by atoms with van der Waals surface area (Å²) in [6.07, 6.45) is 8.29. The highest BCUT2D eigenvalue weighted by molar-refractivity contribution is 5.70. The molecule has 0 aromatic rings. The van der Waals surface area contributed by atoms with Crippen molar-refractivity contribution in [1.82, 2.24) is 4.90 Å². The summed E-state index contributed by atoms with van der Waals surface area (Å²) in [4.78, 5) is 13.7. The SMILES string of the molecule is O=C(O)C1CCCCC1CN1CCCCC1. The van der Waals surface area contributed by atoms with Crippen LogP contribution in [0.4, 0.5) is 0 Å². The van der Waals surface area contributed by atoms with Crippen molar-refractivity contribution in [2.75, 3.05) is 19.6 Å². The summed E-state index contributed by atoms with van der Waals surface area (Å²) in [7, 11) is 0. The summed E-state index contributed by atoms with van der Waals surface area (Å²) >= 11 is 0. The Morgan fingerprint density at radius 2 is 1.75 bits per heavy atom. The zero-order valence-corrected chi connectivity index (χ0v) is 10.0. The van der Waals surface area contributed by atoms with Crippen LogP contribution < -0.4 is 0 Å². The maximum atomic E-state index is 11.2. The molecule has 2 atom stereocenters. The van der Waals surface area contributed by atoms with Crippen molar-refractivity contribution in [1.29, 1.82) is 0 Å². The van der Waals surface area contributed by atoms with Gasteiger partial charge in [0.25, 0.3) is 0 Å². The van der Waals surface area contributed by atoms with Crippen LogP contribution in [0.3, 0.4) is 0 Å². The van der Waals surface area contributed by atoms with Crippen molar-refractivity contribution in [2.24, 2.45) is 11.8 Å². The third kappa shape index (κ3) is 2.97. The van der Waals surface area contributed by atoms with Crippen molar-refractivity contribution < 1.29 is 9.90 Å². The van der Waals surface area contributed by atoms with E-state index in [1.165, 1.54) is 38.8 Å². The molecule has 0 amide bonds. The van der Waals surface area contributed by atoms with Gasteiger partial charge in [0.2, 0.25) is 0 Å². The second-order valence-corrected chi connectivity index (χ2v) is 5.35. The number of nitrogens with zero attached hydrogens (tertiary/aromatic N) is 1. The summed E-state index contributed by atoms with van der Waals surface area (Å²) in [6, 6.07) is 0. The number of carbonyl (C=O) groups is 1. The van der Waals surface area contributed by atoms with Crippen molar-refractivity contribution in [3.8, 4) is 0 Å². The number of carboxylic acid groups (broad SMARTS) is 1. The predicted molar refractivity (Wildman–Crippen MR) is 63.4 cm³/mol. The van der Waals surface area contributed by atoms with Gasteiger partial charge in [-0.3, -0.25) is 4.79 Å². The van der Waals surface area contributed by atoms with Crippen LogP contribution in [0.2, 0.25) is 0 Å². The van der Waals surface area contributed by atoms with Gasteiger partial charge in [0, 0.05) is 6.54 Å². The fourth-order valence-electron chi connectivity index (χ4n) is 3.22. The topological polar surface area (TPSA) is 40.5 Å². The van der Waals surface area contributed by atoms with Crippen LogP contribution in [0.1, 0.15) is 44.9 Å². The molecular weight excluding hydrogens is 202 g/mol. The molecule has 1 saturated carbocycles. The smallest absolute Gasteiger partial charge is 0.306 e. The molecule has 3 nitrogen and oxygen atoms in total. The second kappa shape index (κ2) is 5.67. The predicted octanol–water partition coefficient (Wildman–Crippen LogP) is 2.36. The molecule has 1 saturated heterocycles. The summed E-state index contributed by atoms with van der Waals surface area (Å²) in [6.45, 7) is 3.39. The largest absolute Gasteiger partial charge is 0.481 e. The number of likely N-dealkylation sites (tertiary alicyclic amines) is 1. The molecule has 2 fully saturated rings. The van der Waals surface area contributed by atoms with Crippen molar-refractivity contribution in [3.63, 3.8) is 0 Å². The Hall–Kier alpha value is -0.570. The van der Waals surface area contributed by atoms with Crippen molar-refractivity contribution in [2.45, 2.75) is 44.9 Å². The van der Waals surface area contributed by atoms with Crippen LogP contribution in [0.5, 0.6) is 0 Å². The molecule has 0 spiro atoms. The summed E-state index contributed by atoms with van der Waals surface area (Å²) < 4.78 is 0. The van der Waals surface area contributed by atoms with E-state index in [4.69, 9.17) is 0 Å². The maximum absolute atomic E-state index is 11.2. The maximum Gasteiger partial charge on any atom is 0.306 e. The fraction of sp³-hybridized carbons (Fsp3) is 0.923. The number of hydrogen-bond donors (Lipinski definition) is 1. The molecule has 2 unspecified atom stereocenters. The van der Waals surface area contributed by atoms with E-state index >= 15 is 0 Å². The molecule has 1 heterocycles. The Kier molecular flexibility index (Phi) is 4.22. The van der Waals surface area contributed by atoms with Gasteiger partial charge in [0.1, 0.15) is 0 Å². The molecule has 0 aromatic carbocycles. The van der Waals surface area contributed by atoms with Crippen molar-refractivity contribution >= 4 is 5.97 Å². The fourth-order valence-corrected chi connectivity index (χ4v) is 3.22. The number of piperidine rings is 1. The first kappa shape index (κ1) is 11.9. The third-order valence-corrected chi connectivity index (χ3v) is 4.17. The van der Waals surface area contributed by atoms with Crippen LogP contribution in [0.25, 0.3) is 0 Å². The van der Waals surface area contributed by atoms with E-state index in [-0.39, 0.29) is 5.92 Å². The van der Waals surface area contributed by atoms with Gasteiger partial charge in [-0.25, -0.2) is 0 Å². The highest BCUT2D eigenvalue weighted by Gasteiger charge is 2.31. The third-order valence-electron chi connectivity index (χ3n) is 4.17. The van der Waals surface area contributed by atoms with E-state index in [0.29, 0.717) is 5.92 Å². The highest BCUT2D eigenvalue weighted by Crippen LogP contribution is 2.31. The van der Waals surface area contributed by atoms with E-state index in [9.17, 15) is 9.90 Å². The Balaban J connectivity index is 1.87. The minimum absolute atomic E-state index is 0.0734. The van der Waals surface area contributed by atoms with Crippen molar-refractivity contribution in [3.05, 3.63) is 0 Å². The molecule has 2 aliphatic rings. The lowest BCUT2D eigenvalue weighted by Gasteiger charge is -2.35. The quantitative estimate of drug-likeness (QED) is 0.801. The monoisotopic (exact) mass is 225 g/mol.